The predicted molar refractivity (Wildman–Crippen MR) is 86.9 cm³/mol. The van der Waals surface area contributed by atoms with Gasteiger partial charge >= 0.3 is 13.5 Å². The molecule has 0 aliphatic carbocycles. The summed E-state index contributed by atoms with van der Waals surface area (Å²) in [4.78, 5) is 43.5. The number of nitrogens with zero attached hydrogens (tertiary/aromatic N) is 1. The number of aromatic nitrogens is 2. The summed E-state index contributed by atoms with van der Waals surface area (Å²) in [7, 11) is -4.71. The van der Waals surface area contributed by atoms with Gasteiger partial charge in [-0.15, -0.1) is 0 Å². The first kappa shape index (κ1) is 20.0. The van der Waals surface area contributed by atoms with E-state index in [1.165, 1.54) is 13.1 Å². The number of aliphatic hydroxyl groups excluding tert-OH is 1. The molecule has 0 aromatic carbocycles. The van der Waals surface area contributed by atoms with Crippen molar-refractivity contribution in [3.63, 3.8) is 0 Å². The molecule has 2 rings (SSSR count). The van der Waals surface area contributed by atoms with E-state index >= 15 is 0 Å². The Kier molecular flexibility index (Phi) is 5.44. The van der Waals surface area contributed by atoms with Crippen LogP contribution in [0.2, 0.25) is 0 Å². The number of H-pyrrole nitrogens is 1. The van der Waals surface area contributed by atoms with Gasteiger partial charge in [0, 0.05) is 17.7 Å². The van der Waals surface area contributed by atoms with Gasteiger partial charge in [-0.05, 0) is 12.3 Å². The van der Waals surface area contributed by atoms with Gasteiger partial charge in [0.25, 0.3) is 5.56 Å². The van der Waals surface area contributed by atoms with Crippen molar-refractivity contribution in [2.75, 3.05) is 6.61 Å². The normalized spacial score (nSPS) is 27.6. The number of phosphoric ester groups is 1. The van der Waals surface area contributed by atoms with E-state index in [0.29, 0.717) is 0 Å². The van der Waals surface area contributed by atoms with Crippen molar-refractivity contribution in [1.82, 2.24) is 9.55 Å². The zero-order valence-electron chi connectivity index (χ0n) is 14.4. The summed E-state index contributed by atoms with van der Waals surface area (Å²) in [5.41, 5.74) is -1.53. The van der Waals surface area contributed by atoms with Crippen LogP contribution in [0.4, 0.5) is 0 Å². The molecule has 0 radical (unpaired) electrons. The van der Waals surface area contributed by atoms with Crippen LogP contribution in [0.15, 0.2) is 15.8 Å². The van der Waals surface area contributed by atoms with Gasteiger partial charge in [0.15, 0.2) is 6.23 Å². The lowest BCUT2D eigenvalue weighted by molar-refractivity contribution is -0.0539. The van der Waals surface area contributed by atoms with Gasteiger partial charge in [0.05, 0.1) is 12.7 Å². The Morgan fingerprint density at radius 3 is 2.48 bits per heavy atom. The molecule has 1 aromatic rings. The minimum Gasteiger partial charge on any atom is -0.388 e. The molecular weight excluding hydrogens is 355 g/mol. The number of phosphoric acid groups is 1. The summed E-state index contributed by atoms with van der Waals surface area (Å²) in [6.07, 6.45) is -1.83. The highest BCUT2D eigenvalue weighted by Crippen LogP contribution is 2.45. The zero-order valence-corrected chi connectivity index (χ0v) is 15.3. The summed E-state index contributed by atoms with van der Waals surface area (Å²) in [5, 5.41) is 10.7. The van der Waals surface area contributed by atoms with Gasteiger partial charge in [-0.2, -0.15) is 0 Å². The molecule has 1 saturated heterocycles. The van der Waals surface area contributed by atoms with Crippen molar-refractivity contribution in [1.29, 1.82) is 0 Å². The fourth-order valence-electron chi connectivity index (χ4n) is 3.13. The van der Waals surface area contributed by atoms with Crippen LogP contribution in [0.25, 0.3) is 0 Å². The number of aliphatic hydroxyl groups is 1. The van der Waals surface area contributed by atoms with Crippen molar-refractivity contribution in [3.05, 3.63) is 32.6 Å². The van der Waals surface area contributed by atoms with Crippen LogP contribution >= 0.6 is 7.82 Å². The molecule has 4 N–H and O–H groups in total. The van der Waals surface area contributed by atoms with Crippen molar-refractivity contribution in [3.8, 4) is 0 Å². The number of rotatable bonds is 4. The van der Waals surface area contributed by atoms with E-state index in [2.05, 4.69) is 9.51 Å². The maximum absolute atomic E-state index is 12.1. The number of aromatic amines is 1. The third-order valence-corrected chi connectivity index (χ3v) is 4.69. The average molecular weight is 378 g/mol. The lowest BCUT2D eigenvalue weighted by atomic mass is 9.75. The molecule has 142 valence electrons. The zero-order chi connectivity index (χ0) is 19.2. The molecule has 1 aromatic heterocycles. The van der Waals surface area contributed by atoms with Crippen LogP contribution in [0, 0.1) is 18.3 Å². The van der Waals surface area contributed by atoms with Crippen LogP contribution in [0.5, 0.6) is 0 Å². The SMILES string of the molecule is Cc1cn(C2OC(COP(=O)(O)O)C(C(C)(C)C)C2O)c(=O)[nH]c1=O. The minimum atomic E-state index is -4.71. The second kappa shape index (κ2) is 6.79. The molecule has 11 heteroatoms. The van der Waals surface area contributed by atoms with E-state index < -0.39 is 55.4 Å². The number of aryl methyl sites for hydroxylation is 1. The molecule has 25 heavy (non-hydrogen) atoms. The summed E-state index contributed by atoms with van der Waals surface area (Å²) in [5.74, 6) is -0.566. The van der Waals surface area contributed by atoms with E-state index in [1.54, 1.807) is 0 Å². The van der Waals surface area contributed by atoms with E-state index in [9.17, 15) is 19.3 Å². The third-order valence-electron chi connectivity index (χ3n) is 4.20. The van der Waals surface area contributed by atoms with Gasteiger partial charge in [-0.3, -0.25) is 18.9 Å². The van der Waals surface area contributed by atoms with Crippen LogP contribution in [0.1, 0.15) is 32.6 Å². The van der Waals surface area contributed by atoms with Gasteiger partial charge in [0.2, 0.25) is 0 Å². The molecule has 0 bridgehead atoms. The fourth-order valence-corrected chi connectivity index (χ4v) is 3.47. The highest BCUT2D eigenvalue weighted by atomic mass is 31.2. The van der Waals surface area contributed by atoms with Crippen molar-refractivity contribution >= 4 is 7.82 Å². The Morgan fingerprint density at radius 2 is 1.96 bits per heavy atom. The van der Waals surface area contributed by atoms with Crippen LogP contribution in [-0.4, -0.2) is 43.3 Å². The Bertz CT molecular complexity index is 789. The molecule has 4 unspecified atom stereocenters. The van der Waals surface area contributed by atoms with E-state index in [1.807, 2.05) is 20.8 Å². The predicted octanol–water partition coefficient (Wildman–Crippen LogP) is -0.125. The van der Waals surface area contributed by atoms with Crippen LogP contribution in [-0.2, 0) is 13.8 Å². The Labute approximate surface area is 143 Å². The maximum Gasteiger partial charge on any atom is 0.469 e. The monoisotopic (exact) mass is 378 g/mol. The molecule has 1 aliphatic heterocycles. The molecule has 0 spiro atoms. The number of nitrogens with one attached hydrogen (secondary N) is 1. The quantitative estimate of drug-likeness (QED) is 0.529. The fraction of sp³-hybridized carbons (Fsp3) is 0.714. The molecular formula is C14H23N2O8P. The molecule has 1 fully saturated rings. The molecule has 4 atom stereocenters. The minimum absolute atomic E-state index is 0.262. The lowest BCUT2D eigenvalue weighted by Gasteiger charge is -2.32. The summed E-state index contributed by atoms with van der Waals surface area (Å²) in [6, 6.07) is 0. The van der Waals surface area contributed by atoms with E-state index in [0.717, 1.165) is 4.57 Å². The molecule has 1 aliphatic rings. The molecule has 10 nitrogen and oxygen atoms in total. The first-order chi connectivity index (χ1) is 11.3. The summed E-state index contributed by atoms with van der Waals surface area (Å²) < 4.78 is 22.3. The highest BCUT2D eigenvalue weighted by molar-refractivity contribution is 7.46. The average Bonchev–Trinajstić information content (AvgIpc) is 2.76. The Hall–Kier alpha value is -1.29. The largest absolute Gasteiger partial charge is 0.469 e. The van der Waals surface area contributed by atoms with Gasteiger partial charge in [-0.25, -0.2) is 9.36 Å². The van der Waals surface area contributed by atoms with Crippen LogP contribution < -0.4 is 11.2 Å². The number of hydrogen-bond donors (Lipinski definition) is 4. The molecule has 2 heterocycles. The Balaban J connectivity index is 2.39. The first-order valence-electron chi connectivity index (χ1n) is 7.67. The molecule has 0 amide bonds. The number of ether oxygens (including phenoxy) is 1. The highest BCUT2D eigenvalue weighted by Gasteiger charge is 2.50. The standard InChI is InChI=1S/C14H23N2O8P/c1-7-5-16(13(19)15-11(7)18)12-10(17)9(14(2,3)4)8(24-12)6-23-25(20,21)22/h5,8-10,12,17H,6H2,1-4H3,(H,15,18,19)(H2,20,21,22). The van der Waals surface area contributed by atoms with Gasteiger partial charge in [-0.1, -0.05) is 20.8 Å². The van der Waals surface area contributed by atoms with Crippen molar-refractivity contribution in [2.45, 2.75) is 46.1 Å². The van der Waals surface area contributed by atoms with Gasteiger partial charge < -0.3 is 19.6 Å². The summed E-state index contributed by atoms with van der Waals surface area (Å²) in [6.45, 7) is 6.55. The third kappa shape index (κ3) is 4.46. The molecule has 0 saturated carbocycles. The van der Waals surface area contributed by atoms with Crippen LogP contribution in [0.3, 0.4) is 0 Å². The summed E-state index contributed by atoms with van der Waals surface area (Å²) >= 11 is 0. The smallest absolute Gasteiger partial charge is 0.388 e. The van der Waals surface area contributed by atoms with Crippen molar-refractivity contribution < 1.29 is 28.7 Å². The maximum atomic E-state index is 12.1. The van der Waals surface area contributed by atoms with Gasteiger partial charge in [0.1, 0.15) is 6.10 Å². The topological polar surface area (TPSA) is 151 Å². The first-order valence-corrected chi connectivity index (χ1v) is 9.20. The Morgan fingerprint density at radius 1 is 1.36 bits per heavy atom. The van der Waals surface area contributed by atoms with E-state index in [4.69, 9.17) is 14.5 Å². The van der Waals surface area contributed by atoms with Crippen molar-refractivity contribution in [2.24, 2.45) is 11.3 Å². The number of hydrogen-bond acceptors (Lipinski definition) is 6. The lowest BCUT2D eigenvalue weighted by Crippen LogP contribution is -2.40. The second-order valence-corrected chi connectivity index (χ2v) is 8.45. The second-order valence-electron chi connectivity index (χ2n) is 7.21. The van der Waals surface area contributed by atoms with E-state index in [-0.39, 0.29) is 5.56 Å².